The number of nitrogen functional groups attached to an aromatic ring is 1. The van der Waals surface area contributed by atoms with Crippen LogP contribution in [0.2, 0.25) is 0 Å². The average molecular weight is 298 g/mol. The van der Waals surface area contributed by atoms with E-state index in [4.69, 9.17) is 5.73 Å². The number of amides is 1. The number of nitrogens with zero attached hydrogens (tertiary/aromatic N) is 2. The Balaban J connectivity index is 2.02. The highest BCUT2D eigenvalue weighted by Gasteiger charge is 2.24. The van der Waals surface area contributed by atoms with E-state index in [2.05, 4.69) is 41.3 Å². The van der Waals surface area contributed by atoms with Crippen molar-refractivity contribution in [3.05, 3.63) is 54.0 Å². The predicted molar refractivity (Wildman–Crippen MR) is 87.5 cm³/mol. The molecule has 0 aliphatic rings. The van der Waals surface area contributed by atoms with Gasteiger partial charge in [-0.05, 0) is 24.3 Å². The summed E-state index contributed by atoms with van der Waals surface area (Å²) in [7, 11) is 0. The number of nitrogens with one attached hydrogen (secondary N) is 1. The first-order valence-electron chi connectivity index (χ1n) is 7.33. The highest BCUT2D eigenvalue weighted by Crippen LogP contribution is 2.28. The van der Waals surface area contributed by atoms with E-state index in [1.54, 1.807) is 0 Å². The van der Waals surface area contributed by atoms with Crippen molar-refractivity contribution in [2.75, 3.05) is 5.73 Å². The molecular formula is C17H22N4O. The van der Waals surface area contributed by atoms with Crippen LogP contribution in [0.1, 0.15) is 43.2 Å². The summed E-state index contributed by atoms with van der Waals surface area (Å²) in [5.74, 6) is -0.142. The van der Waals surface area contributed by atoms with Crippen LogP contribution in [-0.2, 0) is 5.41 Å². The number of carbonyl (C=O) groups is 1. The molecule has 0 aliphatic carbocycles. The zero-order valence-electron chi connectivity index (χ0n) is 13.2. The van der Waals surface area contributed by atoms with Gasteiger partial charge in [0.25, 0.3) is 5.91 Å². The zero-order valence-corrected chi connectivity index (χ0v) is 13.2. The maximum atomic E-state index is 12.2. The fourth-order valence-electron chi connectivity index (χ4n) is 2.64. The average Bonchev–Trinajstić information content (AvgIpc) is 2.47. The van der Waals surface area contributed by atoms with Crippen LogP contribution in [0, 0.1) is 0 Å². The first-order valence-corrected chi connectivity index (χ1v) is 7.33. The second-order valence-electron chi connectivity index (χ2n) is 6.12. The zero-order chi connectivity index (χ0) is 16.2. The summed E-state index contributed by atoms with van der Waals surface area (Å²) in [5, 5.41) is 2.94. The third-order valence-electron chi connectivity index (χ3n) is 3.69. The van der Waals surface area contributed by atoms with Crippen LogP contribution in [0.5, 0.6) is 0 Å². The van der Waals surface area contributed by atoms with Gasteiger partial charge in [0.05, 0.1) is 0 Å². The second kappa shape index (κ2) is 6.56. The van der Waals surface area contributed by atoms with Crippen LogP contribution in [0.15, 0.2) is 42.7 Å². The van der Waals surface area contributed by atoms with Crippen molar-refractivity contribution in [1.29, 1.82) is 0 Å². The second-order valence-corrected chi connectivity index (χ2v) is 6.12. The smallest absolute Gasteiger partial charge is 0.273 e. The molecule has 1 aromatic heterocycles. The van der Waals surface area contributed by atoms with Gasteiger partial charge in [-0.2, -0.15) is 0 Å². The van der Waals surface area contributed by atoms with Gasteiger partial charge in [-0.1, -0.05) is 44.2 Å². The lowest BCUT2D eigenvalue weighted by Gasteiger charge is -2.29. The minimum absolute atomic E-state index is 0.0101. The van der Waals surface area contributed by atoms with Crippen LogP contribution in [0.25, 0.3) is 0 Å². The summed E-state index contributed by atoms with van der Waals surface area (Å²) < 4.78 is 0. The standard InChI is InChI=1S/C17H22N4O/c1-12(11-17(2,3)13-7-5-4-6-8-13)21-16(22)14-15(18)20-10-9-19-14/h4-10,12H,11H2,1-3H3,(H2,18,20)(H,21,22). The van der Waals surface area contributed by atoms with Gasteiger partial charge in [-0.25, -0.2) is 9.97 Å². The van der Waals surface area contributed by atoms with E-state index in [-0.39, 0.29) is 28.9 Å². The Bertz CT molecular complexity index is 640. The molecule has 0 spiro atoms. The van der Waals surface area contributed by atoms with E-state index in [1.807, 2.05) is 25.1 Å². The van der Waals surface area contributed by atoms with Gasteiger partial charge in [-0.3, -0.25) is 4.79 Å². The molecular weight excluding hydrogens is 276 g/mol. The fourth-order valence-corrected chi connectivity index (χ4v) is 2.64. The molecule has 0 saturated heterocycles. The lowest BCUT2D eigenvalue weighted by Crippen LogP contribution is -2.38. The maximum absolute atomic E-state index is 12.2. The Kier molecular flexibility index (Phi) is 4.75. The van der Waals surface area contributed by atoms with Gasteiger partial charge in [0.2, 0.25) is 0 Å². The topological polar surface area (TPSA) is 80.9 Å². The molecule has 1 unspecified atom stereocenters. The van der Waals surface area contributed by atoms with Gasteiger partial charge in [0, 0.05) is 18.4 Å². The van der Waals surface area contributed by atoms with Gasteiger partial charge in [0.1, 0.15) is 0 Å². The van der Waals surface area contributed by atoms with E-state index >= 15 is 0 Å². The van der Waals surface area contributed by atoms with Crippen molar-refractivity contribution >= 4 is 11.7 Å². The van der Waals surface area contributed by atoms with E-state index in [9.17, 15) is 4.79 Å². The molecule has 5 nitrogen and oxygen atoms in total. The lowest BCUT2D eigenvalue weighted by molar-refractivity contribution is 0.0930. The molecule has 0 aliphatic heterocycles. The molecule has 1 aromatic carbocycles. The summed E-state index contributed by atoms with van der Waals surface area (Å²) >= 11 is 0. The summed E-state index contributed by atoms with van der Waals surface area (Å²) in [5.41, 5.74) is 7.06. The normalized spacial score (nSPS) is 12.7. The molecule has 2 rings (SSSR count). The van der Waals surface area contributed by atoms with E-state index in [0.717, 1.165) is 6.42 Å². The van der Waals surface area contributed by atoms with Crippen LogP contribution in [0.3, 0.4) is 0 Å². The predicted octanol–water partition coefficient (Wildman–Crippen LogP) is 2.54. The van der Waals surface area contributed by atoms with Crippen LogP contribution < -0.4 is 11.1 Å². The van der Waals surface area contributed by atoms with Gasteiger partial charge in [0.15, 0.2) is 11.5 Å². The molecule has 1 heterocycles. The highest BCUT2D eigenvalue weighted by atomic mass is 16.2. The van der Waals surface area contributed by atoms with Gasteiger partial charge < -0.3 is 11.1 Å². The first-order chi connectivity index (χ1) is 10.4. The number of aromatic nitrogens is 2. The molecule has 3 N–H and O–H groups in total. The number of rotatable bonds is 5. The molecule has 1 atom stereocenters. The van der Waals surface area contributed by atoms with Crippen molar-refractivity contribution in [3.8, 4) is 0 Å². The van der Waals surface area contributed by atoms with Gasteiger partial charge in [-0.15, -0.1) is 0 Å². The third-order valence-corrected chi connectivity index (χ3v) is 3.69. The Morgan fingerprint density at radius 2 is 1.86 bits per heavy atom. The first kappa shape index (κ1) is 15.9. The molecule has 1 amide bonds. The number of hydrogen-bond acceptors (Lipinski definition) is 4. The van der Waals surface area contributed by atoms with Gasteiger partial charge >= 0.3 is 0 Å². The van der Waals surface area contributed by atoms with Crippen LogP contribution in [-0.4, -0.2) is 21.9 Å². The summed E-state index contributed by atoms with van der Waals surface area (Å²) in [4.78, 5) is 20.1. The van der Waals surface area contributed by atoms with E-state index in [1.165, 1.54) is 18.0 Å². The Hall–Kier alpha value is -2.43. The van der Waals surface area contributed by atoms with E-state index < -0.39 is 0 Å². The number of carbonyl (C=O) groups excluding carboxylic acids is 1. The lowest BCUT2D eigenvalue weighted by atomic mass is 9.79. The number of nitrogens with two attached hydrogens (primary N) is 1. The minimum atomic E-state index is -0.290. The molecule has 0 radical (unpaired) electrons. The Labute approximate surface area is 131 Å². The molecule has 0 bridgehead atoms. The summed E-state index contributed by atoms with van der Waals surface area (Å²) in [6.07, 6.45) is 3.74. The summed E-state index contributed by atoms with van der Waals surface area (Å²) in [6, 6.07) is 10.3. The molecule has 5 heteroatoms. The molecule has 22 heavy (non-hydrogen) atoms. The largest absolute Gasteiger partial charge is 0.382 e. The molecule has 2 aromatic rings. The van der Waals surface area contributed by atoms with Crippen molar-refractivity contribution in [2.45, 2.75) is 38.6 Å². The third kappa shape index (κ3) is 3.81. The summed E-state index contributed by atoms with van der Waals surface area (Å²) in [6.45, 7) is 6.32. The SMILES string of the molecule is CC(CC(C)(C)c1ccccc1)NC(=O)c1nccnc1N. The van der Waals surface area contributed by atoms with Crippen LogP contribution in [0.4, 0.5) is 5.82 Å². The Morgan fingerprint density at radius 3 is 2.50 bits per heavy atom. The Morgan fingerprint density at radius 1 is 1.23 bits per heavy atom. The van der Waals surface area contributed by atoms with Crippen molar-refractivity contribution in [3.63, 3.8) is 0 Å². The fraction of sp³-hybridized carbons (Fsp3) is 0.353. The van der Waals surface area contributed by atoms with Crippen LogP contribution >= 0.6 is 0 Å². The quantitative estimate of drug-likeness (QED) is 0.889. The monoisotopic (exact) mass is 298 g/mol. The van der Waals surface area contributed by atoms with Crippen molar-refractivity contribution in [2.24, 2.45) is 0 Å². The minimum Gasteiger partial charge on any atom is -0.382 e. The molecule has 116 valence electrons. The molecule has 0 fully saturated rings. The number of benzene rings is 1. The number of anilines is 1. The van der Waals surface area contributed by atoms with Crippen molar-refractivity contribution in [1.82, 2.24) is 15.3 Å². The van der Waals surface area contributed by atoms with Crippen molar-refractivity contribution < 1.29 is 4.79 Å². The van der Waals surface area contributed by atoms with E-state index in [0.29, 0.717) is 0 Å². The molecule has 0 saturated carbocycles. The highest BCUT2D eigenvalue weighted by molar-refractivity contribution is 5.96. The maximum Gasteiger partial charge on any atom is 0.273 e. The number of hydrogen-bond donors (Lipinski definition) is 2.